The normalized spacial score (nSPS) is 11.9. The molecule has 5 heteroatoms. The van der Waals surface area contributed by atoms with Crippen LogP contribution in [0.2, 0.25) is 0 Å². The Balaban J connectivity index is 3.89. The molecule has 0 amide bonds. The van der Waals surface area contributed by atoms with Crippen LogP contribution in [0.5, 0.6) is 0 Å². The quantitative estimate of drug-likeness (QED) is 0.436. The summed E-state index contributed by atoms with van der Waals surface area (Å²) in [6.45, 7) is 1.71. The second kappa shape index (κ2) is 7.11. The Hall–Kier alpha value is -0.330. The summed E-state index contributed by atoms with van der Waals surface area (Å²) in [6.07, 6.45) is 0.0972. The van der Waals surface area contributed by atoms with Crippen LogP contribution < -0.4 is 0 Å². The molecule has 0 aromatic rings. The van der Waals surface area contributed by atoms with Gasteiger partial charge in [0.15, 0.2) is 0 Å². The Morgan fingerprint density at radius 2 is 2.00 bits per heavy atom. The van der Waals surface area contributed by atoms with Crippen molar-refractivity contribution in [3.63, 3.8) is 0 Å². The van der Waals surface area contributed by atoms with E-state index in [4.69, 9.17) is 4.74 Å². The third-order valence-electron chi connectivity index (χ3n) is 1.38. The van der Waals surface area contributed by atoms with Gasteiger partial charge >= 0.3 is 11.9 Å². The topological polar surface area (TPSA) is 52.6 Å². The van der Waals surface area contributed by atoms with Gasteiger partial charge in [0.1, 0.15) is 6.10 Å². The van der Waals surface area contributed by atoms with Gasteiger partial charge in [-0.05, 0) is 0 Å². The summed E-state index contributed by atoms with van der Waals surface area (Å²) < 4.78 is 10.0. The summed E-state index contributed by atoms with van der Waals surface area (Å²) in [7, 11) is 1.31. The number of esters is 2. The van der Waals surface area contributed by atoms with E-state index in [0.717, 1.165) is 0 Å². The van der Waals surface area contributed by atoms with Gasteiger partial charge in [-0.2, -0.15) is 0 Å². The minimum Gasteiger partial charge on any atom is -0.469 e. The Morgan fingerprint density at radius 3 is 2.38 bits per heavy atom. The summed E-state index contributed by atoms with van der Waals surface area (Å²) in [4.78, 5) is 21.7. The first-order valence-corrected chi connectivity index (χ1v) is 5.48. The fraction of sp³-hybridized carbons (Fsp3) is 0.750. The van der Waals surface area contributed by atoms with Crippen molar-refractivity contribution in [3.05, 3.63) is 0 Å². The van der Waals surface area contributed by atoms with Crippen LogP contribution in [-0.4, -0.2) is 29.6 Å². The molecule has 0 spiro atoms. The van der Waals surface area contributed by atoms with E-state index in [0.29, 0.717) is 10.8 Å². The summed E-state index contributed by atoms with van der Waals surface area (Å²) in [5.41, 5.74) is 0. The highest BCUT2D eigenvalue weighted by Gasteiger charge is 2.16. The average Bonchev–Trinajstić information content (AvgIpc) is 2.16. The van der Waals surface area contributed by atoms with Gasteiger partial charge < -0.3 is 9.47 Å². The summed E-state index contributed by atoms with van der Waals surface area (Å²) in [5.74, 6) is -0.642. The lowest BCUT2D eigenvalue weighted by Gasteiger charge is -2.13. The number of hydrogen-bond donors (Lipinski definition) is 0. The molecule has 4 nitrogen and oxygen atoms in total. The number of ether oxygens (including phenoxy) is 2. The van der Waals surface area contributed by atoms with E-state index in [2.05, 4.69) is 27.3 Å². The van der Waals surface area contributed by atoms with Crippen molar-refractivity contribution >= 4 is 34.5 Å². The van der Waals surface area contributed by atoms with E-state index in [1.54, 1.807) is 6.92 Å². The van der Waals surface area contributed by atoms with Gasteiger partial charge in [-0.1, -0.05) is 29.5 Å². The number of alkyl halides is 1. The number of carbonyl (C=O) groups excluding carboxylic acids is 2. The first-order chi connectivity index (χ1) is 6.13. The van der Waals surface area contributed by atoms with Crippen molar-refractivity contribution in [2.45, 2.75) is 25.9 Å². The van der Waals surface area contributed by atoms with Crippen LogP contribution in [0.1, 0.15) is 19.8 Å². The minimum absolute atomic E-state index is 0.130. The van der Waals surface area contributed by atoms with E-state index >= 15 is 0 Å². The number of hydrogen-bond acceptors (Lipinski definition) is 4. The molecule has 0 radical (unpaired) electrons. The Labute approximate surface area is 91.1 Å². The predicted octanol–water partition coefficient (Wildman–Crippen LogP) is 1.31. The molecular formula is C8H13IO4. The lowest BCUT2D eigenvalue weighted by Crippen LogP contribution is -2.23. The van der Waals surface area contributed by atoms with Crippen LogP contribution >= 0.6 is 22.6 Å². The molecule has 0 saturated carbocycles. The maximum Gasteiger partial charge on any atom is 0.309 e. The van der Waals surface area contributed by atoms with Crippen LogP contribution in [0.3, 0.4) is 0 Å². The first kappa shape index (κ1) is 12.7. The predicted molar refractivity (Wildman–Crippen MR) is 55.7 cm³/mol. The lowest BCUT2D eigenvalue weighted by molar-refractivity contribution is -0.152. The van der Waals surface area contributed by atoms with E-state index in [-0.39, 0.29) is 24.5 Å². The zero-order valence-electron chi connectivity index (χ0n) is 7.71. The van der Waals surface area contributed by atoms with Crippen molar-refractivity contribution in [3.8, 4) is 0 Å². The van der Waals surface area contributed by atoms with Crippen LogP contribution in [-0.2, 0) is 19.1 Å². The highest BCUT2D eigenvalue weighted by molar-refractivity contribution is 14.1. The molecule has 0 fully saturated rings. The minimum atomic E-state index is -0.361. The average molecular weight is 300 g/mol. The maximum atomic E-state index is 10.9. The first-order valence-electron chi connectivity index (χ1n) is 3.96. The Morgan fingerprint density at radius 1 is 1.38 bits per heavy atom. The van der Waals surface area contributed by atoms with Crippen molar-refractivity contribution in [1.82, 2.24) is 0 Å². The molecule has 0 aliphatic carbocycles. The number of methoxy groups -OCH3 is 1. The third-order valence-corrected chi connectivity index (χ3v) is 2.36. The third kappa shape index (κ3) is 5.84. The fourth-order valence-electron chi connectivity index (χ4n) is 0.666. The van der Waals surface area contributed by atoms with Crippen LogP contribution in [0.15, 0.2) is 0 Å². The SMILES string of the molecule is CCC(=O)OC(CI)CC(=O)OC. The van der Waals surface area contributed by atoms with E-state index in [9.17, 15) is 9.59 Å². The second-order valence-electron chi connectivity index (χ2n) is 2.40. The number of halogens is 1. The van der Waals surface area contributed by atoms with Gasteiger partial charge in [0.2, 0.25) is 0 Å². The largest absolute Gasteiger partial charge is 0.469 e. The molecule has 0 aliphatic heterocycles. The Kier molecular flexibility index (Phi) is 6.93. The molecule has 76 valence electrons. The van der Waals surface area contributed by atoms with Gasteiger partial charge in [-0.15, -0.1) is 0 Å². The van der Waals surface area contributed by atoms with Gasteiger partial charge in [0.25, 0.3) is 0 Å². The lowest BCUT2D eigenvalue weighted by atomic mass is 10.3. The summed E-state index contributed by atoms with van der Waals surface area (Å²) >= 11 is 2.06. The number of carbonyl (C=O) groups is 2. The second-order valence-corrected chi connectivity index (χ2v) is 3.28. The van der Waals surface area contributed by atoms with E-state index < -0.39 is 0 Å². The molecule has 0 aliphatic rings. The van der Waals surface area contributed by atoms with Crippen LogP contribution in [0.25, 0.3) is 0 Å². The molecule has 13 heavy (non-hydrogen) atoms. The van der Waals surface area contributed by atoms with Gasteiger partial charge in [-0.25, -0.2) is 0 Å². The summed E-state index contributed by atoms with van der Waals surface area (Å²) in [5, 5.41) is 0. The van der Waals surface area contributed by atoms with Crippen molar-refractivity contribution < 1.29 is 19.1 Å². The van der Waals surface area contributed by atoms with E-state index in [1.165, 1.54) is 7.11 Å². The maximum absolute atomic E-state index is 10.9. The molecule has 0 saturated heterocycles. The van der Waals surface area contributed by atoms with Crippen molar-refractivity contribution in [1.29, 1.82) is 0 Å². The molecule has 0 aromatic carbocycles. The molecular weight excluding hydrogens is 287 g/mol. The Bertz CT molecular complexity index is 163. The highest BCUT2D eigenvalue weighted by Crippen LogP contribution is 2.05. The molecule has 0 N–H and O–H groups in total. The van der Waals surface area contributed by atoms with Gasteiger partial charge in [-0.3, -0.25) is 9.59 Å². The zero-order chi connectivity index (χ0) is 10.3. The van der Waals surface area contributed by atoms with Gasteiger partial charge in [0.05, 0.1) is 13.5 Å². The standard InChI is InChI=1S/C8H13IO4/c1-3-7(10)13-6(5-9)4-8(11)12-2/h6H,3-5H2,1-2H3. The molecule has 0 rings (SSSR count). The van der Waals surface area contributed by atoms with E-state index in [1.807, 2.05) is 0 Å². The molecule has 1 atom stereocenters. The fourth-order valence-corrected chi connectivity index (χ4v) is 1.16. The molecule has 0 aromatic heterocycles. The smallest absolute Gasteiger partial charge is 0.309 e. The van der Waals surface area contributed by atoms with Crippen LogP contribution in [0.4, 0.5) is 0 Å². The van der Waals surface area contributed by atoms with Crippen molar-refractivity contribution in [2.24, 2.45) is 0 Å². The van der Waals surface area contributed by atoms with Crippen LogP contribution in [0, 0.1) is 0 Å². The van der Waals surface area contributed by atoms with Gasteiger partial charge in [0, 0.05) is 10.8 Å². The monoisotopic (exact) mass is 300 g/mol. The molecule has 0 heterocycles. The molecule has 1 unspecified atom stereocenters. The number of rotatable bonds is 5. The zero-order valence-corrected chi connectivity index (χ0v) is 9.87. The highest BCUT2D eigenvalue weighted by atomic mass is 127. The summed E-state index contributed by atoms with van der Waals surface area (Å²) in [6, 6.07) is 0. The van der Waals surface area contributed by atoms with Crippen molar-refractivity contribution in [2.75, 3.05) is 11.5 Å². The molecule has 0 bridgehead atoms.